The lowest BCUT2D eigenvalue weighted by atomic mass is 9.89. The highest BCUT2D eigenvalue weighted by Crippen LogP contribution is 2.42. The van der Waals surface area contributed by atoms with Gasteiger partial charge >= 0.3 is 0 Å². The van der Waals surface area contributed by atoms with E-state index in [-0.39, 0.29) is 17.8 Å². The van der Waals surface area contributed by atoms with E-state index in [0.29, 0.717) is 0 Å². The van der Waals surface area contributed by atoms with Gasteiger partial charge in [-0.2, -0.15) is 0 Å². The molecule has 0 N–H and O–H groups in total. The Labute approximate surface area is 221 Å². The van der Waals surface area contributed by atoms with Crippen LogP contribution in [-0.2, 0) is 13.3 Å². The molecule has 2 atom stereocenters. The highest BCUT2D eigenvalue weighted by Gasteiger charge is 2.50. The van der Waals surface area contributed by atoms with Crippen molar-refractivity contribution in [1.29, 1.82) is 0 Å². The minimum absolute atomic E-state index is 0.109. The molecule has 2 fully saturated rings. The summed E-state index contributed by atoms with van der Waals surface area (Å²) in [6, 6.07) is 9.63. The fraction of sp³-hybridized carbons (Fsp3) is 1.00. The lowest BCUT2D eigenvalue weighted by Crippen LogP contribution is -2.61. The van der Waals surface area contributed by atoms with Crippen molar-refractivity contribution in [2.45, 2.75) is 159 Å². The van der Waals surface area contributed by atoms with E-state index in [4.69, 9.17) is 24.9 Å². The molecule has 2 aliphatic heterocycles. The predicted molar refractivity (Wildman–Crippen MR) is 161 cm³/mol. The molecule has 2 bridgehead atoms. The molecule has 0 aromatic rings. The zero-order valence-corrected chi connectivity index (χ0v) is 28.9. The molecule has 0 aromatic heterocycles. The number of hydrogen-bond acceptors (Lipinski definition) is 3. The zero-order valence-electron chi connectivity index (χ0n) is 24.2. The van der Waals surface area contributed by atoms with Crippen molar-refractivity contribution in [2.75, 3.05) is 5.88 Å². The van der Waals surface area contributed by atoms with E-state index in [1.165, 1.54) is 68.0 Å². The monoisotopic (exact) mass is 564 g/mol. The van der Waals surface area contributed by atoms with Crippen molar-refractivity contribution in [3.63, 3.8) is 0 Å². The largest absolute Gasteiger partial charge is 0.411 e. The predicted octanol–water partition coefficient (Wildman–Crippen LogP) is 9.24. The molecule has 202 valence electrons. The molecule has 2 aliphatic rings. The average molecular weight is 566 g/mol. The van der Waals surface area contributed by atoms with Gasteiger partial charge in [0.15, 0.2) is 25.0 Å². The average Bonchev–Trinajstić information content (AvgIpc) is 2.73. The maximum atomic E-state index is 7.38. The Balaban J connectivity index is 2.62. The molecule has 0 spiro atoms. The van der Waals surface area contributed by atoms with Gasteiger partial charge in [0.2, 0.25) is 0 Å². The maximum absolute atomic E-state index is 7.38. The quantitative estimate of drug-likeness (QED) is 0.246. The maximum Gasteiger partial charge on any atom is 0.187 e. The molecule has 0 saturated carbocycles. The van der Waals surface area contributed by atoms with Crippen molar-refractivity contribution in [3.8, 4) is 0 Å². The number of fused-ring (bicyclic) bond motifs is 6. The Morgan fingerprint density at radius 2 is 1.12 bits per heavy atom. The Kier molecular flexibility index (Phi) is 11.7. The lowest BCUT2D eigenvalue weighted by Gasteiger charge is -2.50. The van der Waals surface area contributed by atoms with Gasteiger partial charge in [-0.05, 0) is 83.6 Å². The summed E-state index contributed by atoms with van der Waals surface area (Å²) in [4.78, 5) is 0. The van der Waals surface area contributed by atoms with Crippen LogP contribution in [0, 0.1) is 0 Å². The fourth-order valence-corrected chi connectivity index (χ4v) is 20.8. The lowest BCUT2D eigenvalue weighted by molar-refractivity contribution is -0.111. The molecule has 0 radical (unpaired) electrons. The van der Waals surface area contributed by atoms with Gasteiger partial charge in [0, 0.05) is 5.88 Å². The van der Waals surface area contributed by atoms with Crippen LogP contribution in [0.3, 0.4) is 0 Å². The van der Waals surface area contributed by atoms with Crippen molar-refractivity contribution in [1.82, 2.24) is 0 Å². The van der Waals surface area contributed by atoms with E-state index >= 15 is 0 Å². The second kappa shape index (κ2) is 12.7. The summed E-state index contributed by atoms with van der Waals surface area (Å²) in [6.45, 7) is 21.7. The van der Waals surface area contributed by atoms with Crippen LogP contribution in [0.25, 0.3) is 0 Å². The van der Waals surface area contributed by atoms with Crippen LogP contribution in [0.1, 0.15) is 59.3 Å². The first-order valence-electron chi connectivity index (χ1n) is 14.3. The molecule has 0 aliphatic carbocycles. The fourth-order valence-electron chi connectivity index (χ4n) is 6.94. The Morgan fingerprint density at radius 1 is 0.706 bits per heavy atom. The van der Waals surface area contributed by atoms with E-state index in [1.807, 2.05) is 0 Å². The standard InChI is InChI=1S/C26H57ClO3Si4/c1-10-24-26(3)25(11-2)29-32(6,7)18-14-22-34(20-12-16-27,21-13-17-31(4,5)28-24)23-15-19-33(8,9)30-26/h24-25H,10-23H2,1-9H3. The van der Waals surface area contributed by atoms with Crippen LogP contribution in [0.2, 0.25) is 81.6 Å². The molecule has 0 aromatic carbocycles. The third-order valence-electron chi connectivity index (χ3n) is 8.74. The van der Waals surface area contributed by atoms with E-state index < -0.39 is 33.0 Å². The van der Waals surface area contributed by atoms with Crippen LogP contribution >= 0.6 is 11.6 Å². The summed E-state index contributed by atoms with van der Waals surface area (Å²) in [6.07, 6.45) is 7.47. The summed E-state index contributed by atoms with van der Waals surface area (Å²) < 4.78 is 21.7. The normalized spacial score (nSPS) is 37.2. The second-order valence-electron chi connectivity index (χ2n) is 13.4. The van der Waals surface area contributed by atoms with Crippen LogP contribution in [0.4, 0.5) is 0 Å². The van der Waals surface area contributed by atoms with Gasteiger partial charge in [-0.1, -0.05) is 57.3 Å². The first-order chi connectivity index (χ1) is 15.7. The summed E-state index contributed by atoms with van der Waals surface area (Å²) in [5.74, 6) is 0.819. The molecule has 0 amide bonds. The zero-order chi connectivity index (χ0) is 25.7. The number of alkyl halides is 1. The van der Waals surface area contributed by atoms with Gasteiger partial charge in [-0.15, -0.1) is 11.6 Å². The van der Waals surface area contributed by atoms with Gasteiger partial charge in [0.05, 0.1) is 20.3 Å². The molecule has 2 heterocycles. The van der Waals surface area contributed by atoms with Gasteiger partial charge in [-0.25, -0.2) is 0 Å². The summed E-state index contributed by atoms with van der Waals surface area (Å²) in [5.41, 5.74) is -0.372. The van der Waals surface area contributed by atoms with Crippen molar-refractivity contribution in [3.05, 3.63) is 0 Å². The third kappa shape index (κ3) is 8.81. The molecular weight excluding hydrogens is 508 g/mol. The van der Waals surface area contributed by atoms with E-state index in [2.05, 4.69) is 60.1 Å². The van der Waals surface area contributed by atoms with Crippen LogP contribution in [0.5, 0.6) is 0 Å². The first-order valence-corrected chi connectivity index (χ1v) is 27.0. The molecule has 2 saturated heterocycles. The third-order valence-corrected chi connectivity index (χ3v) is 22.2. The first kappa shape index (κ1) is 31.3. The van der Waals surface area contributed by atoms with Gasteiger partial charge < -0.3 is 13.3 Å². The highest BCUT2D eigenvalue weighted by atomic mass is 35.5. The number of hydrogen-bond donors (Lipinski definition) is 0. The minimum atomic E-state index is -1.90. The van der Waals surface area contributed by atoms with Crippen LogP contribution in [0.15, 0.2) is 0 Å². The highest BCUT2D eigenvalue weighted by molar-refractivity contribution is 6.80. The molecule has 8 heteroatoms. The Morgan fingerprint density at radius 3 is 1.50 bits per heavy atom. The van der Waals surface area contributed by atoms with Gasteiger partial charge in [-0.3, -0.25) is 0 Å². The van der Waals surface area contributed by atoms with Crippen molar-refractivity contribution in [2.24, 2.45) is 0 Å². The SMILES string of the molecule is CCC1O[Si](C)(C)CCC[Si]2(CCCCl)CCC[Si](C)(C)OC(CC)C1(C)O[Si](C)(C)CCC2. The molecular formula is C26H57ClO3Si4. The second-order valence-corrected chi connectivity index (χ2v) is 31.6. The van der Waals surface area contributed by atoms with Gasteiger partial charge in [0.1, 0.15) is 5.60 Å². The topological polar surface area (TPSA) is 27.7 Å². The van der Waals surface area contributed by atoms with Crippen LogP contribution in [-0.4, -0.2) is 56.7 Å². The molecule has 2 rings (SSSR count). The van der Waals surface area contributed by atoms with E-state index in [0.717, 1.165) is 18.7 Å². The van der Waals surface area contributed by atoms with E-state index in [9.17, 15) is 0 Å². The van der Waals surface area contributed by atoms with Gasteiger partial charge in [0.25, 0.3) is 0 Å². The number of halogens is 1. The van der Waals surface area contributed by atoms with E-state index in [1.54, 1.807) is 0 Å². The smallest absolute Gasteiger partial charge is 0.187 e. The van der Waals surface area contributed by atoms with Crippen molar-refractivity contribution >= 4 is 44.6 Å². The van der Waals surface area contributed by atoms with Crippen molar-refractivity contribution < 1.29 is 13.3 Å². The number of rotatable bonds is 5. The summed E-state index contributed by atoms with van der Waals surface area (Å²) in [5, 5.41) is 0. The molecule has 34 heavy (non-hydrogen) atoms. The summed E-state index contributed by atoms with van der Waals surface area (Å²) in [7, 11) is -6.91. The Hall–Kier alpha value is 1.04. The molecule has 3 nitrogen and oxygen atoms in total. The minimum Gasteiger partial charge on any atom is -0.411 e. The van der Waals surface area contributed by atoms with Crippen LogP contribution < -0.4 is 0 Å². The molecule has 2 unspecified atom stereocenters. The summed E-state index contributed by atoms with van der Waals surface area (Å²) >= 11 is 6.27. The Bertz CT molecular complexity index is 597.